The molecule has 0 radical (unpaired) electrons. The summed E-state index contributed by atoms with van der Waals surface area (Å²) in [5.41, 5.74) is 0.0599. The Morgan fingerprint density at radius 1 is 1.14 bits per heavy atom. The lowest BCUT2D eigenvalue weighted by atomic mass is 10.1. The molecule has 0 spiro atoms. The number of benzene rings is 2. The van der Waals surface area contributed by atoms with E-state index < -0.39 is 21.8 Å². The first kappa shape index (κ1) is 15.5. The van der Waals surface area contributed by atoms with Gasteiger partial charge in [-0.1, -0.05) is 6.07 Å². The second-order valence-electron chi connectivity index (χ2n) is 4.67. The van der Waals surface area contributed by atoms with Crippen molar-refractivity contribution in [1.29, 1.82) is 0 Å². The highest BCUT2D eigenvalue weighted by molar-refractivity contribution is 7.90. The molecule has 0 aromatic heterocycles. The monoisotopic (exact) mass is 310 g/mol. The number of aliphatic hydroxyl groups is 1. The molecule has 4 nitrogen and oxygen atoms in total. The zero-order chi connectivity index (χ0) is 15.6. The minimum absolute atomic E-state index is 0.0599. The fourth-order valence-electron chi connectivity index (χ4n) is 1.89. The highest BCUT2D eigenvalue weighted by Crippen LogP contribution is 2.31. The highest BCUT2D eigenvalue weighted by atomic mass is 32.2. The largest absolute Gasteiger partial charge is 0.457 e. The summed E-state index contributed by atoms with van der Waals surface area (Å²) in [6.45, 7) is 1.44. The fourth-order valence-corrected chi connectivity index (χ4v) is 2.52. The predicted octanol–water partition coefficient (Wildman–Crippen LogP) is 3.07. The van der Waals surface area contributed by atoms with E-state index in [-0.39, 0.29) is 16.2 Å². The van der Waals surface area contributed by atoms with E-state index in [0.29, 0.717) is 5.75 Å². The van der Waals surface area contributed by atoms with Crippen LogP contribution in [0.15, 0.2) is 47.4 Å². The second-order valence-corrected chi connectivity index (χ2v) is 6.69. The van der Waals surface area contributed by atoms with Crippen LogP contribution in [0.5, 0.6) is 11.5 Å². The van der Waals surface area contributed by atoms with Crippen molar-refractivity contribution < 1.29 is 22.7 Å². The molecule has 2 rings (SSSR count). The molecule has 0 aliphatic rings. The first-order chi connectivity index (χ1) is 9.79. The number of rotatable bonds is 4. The van der Waals surface area contributed by atoms with Crippen LogP contribution in [0.1, 0.15) is 18.6 Å². The van der Waals surface area contributed by atoms with E-state index >= 15 is 0 Å². The van der Waals surface area contributed by atoms with Gasteiger partial charge in [-0.25, -0.2) is 12.8 Å². The second kappa shape index (κ2) is 5.83. The smallest absolute Gasteiger partial charge is 0.175 e. The van der Waals surface area contributed by atoms with Gasteiger partial charge >= 0.3 is 0 Å². The van der Waals surface area contributed by atoms with Gasteiger partial charge in [-0.3, -0.25) is 0 Å². The van der Waals surface area contributed by atoms with Crippen LogP contribution in [0.25, 0.3) is 0 Å². The first-order valence-corrected chi connectivity index (χ1v) is 8.12. The molecule has 0 saturated heterocycles. The van der Waals surface area contributed by atoms with Gasteiger partial charge in [0.25, 0.3) is 0 Å². The Kier molecular flexibility index (Phi) is 4.29. The summed E-state index contributed by atoms with van der Waals surface area (Å²) < 4.78 is 42.0. The summed E-state index contributed by atoms with van der Waals surface area (Å²) in [4.78, 5) is 0.171. The van der Waals surface area contributed by atoms with E-state index in [0.717, 1.165) is 6.26 Å². The first-order valence-electron chi connectivity index (χ1n) is 6.23. The molecular formula is C15H15FO4S. The van der Waals surface area contributed by atoms with Gasteiger partial charge in [0.15, 0.2) is 9.84 Å². The molecule has 6 heteroatoms. The van der Waals surface area contributed by atoms with Gasteiger partial charge in [0.1, 0.15) is 17.3 Å². The number of hydrogen-bond acceptors (Lipinski definition) is 4. The molecule has 0 amide bonds. The molecule has 21 heavy (non-hydrogen) atoms. The topological polar surface area (TPSA) is 63.6 Å². The average molecular weight is 310 g/mol. The lowest BCUT2D eigenvalue weighted by Gasteiger charge is -2.14. The van der Waals surface area contributed by atoms with Gasteiger partial charge in [0, 0.05) is 6.26 Å². The van der Waals surface area contributed by atoms with Gasteiger partial charge in [-0.15, -0.1) is 0 Å². The third kappa shape index (κ3) is 3.59. The van der Waals surface area contributed by atoms with Crippen LogP contribution in [-0.4, -0.2) is 19.8 Å². The van der Waals surface area contributed by atoms with Crippen LogP contribution in [0, 0.1) is 5.82 Å². The molecule has 0 aliphatic carbocycles. The Morgan fingerprint density at radius 2 is 1.76 bits per heavy atom. The summed E-state index contributed by atoms with van der Waals surface area (Å²) in [7, 11) is -3.28. The SMILES string of the molecule is C[C@H](O)c1c(F)cccc1Oc1ccc(S(C)(=O)=O)cc1. The maximum atomic E-state index is 13.7. The Labute approximate surface area is 122 Å². The molecule has 1 atom stereocenters. The third-order valence-electron chi connectivity index (χ3n) is 2.91. The van der Waals surface area contributed by atoms with E-state index in [1.54, 1.807) is 0 Å². The van der Waals surface area contributed by atoms with Crippen LogP contribution >= 0.6 is 0 Å². The van der Waals surface area contributed by atoms with Crippen molar-refractivity contribution in [1.82, 2.24) is 0 Å². The van der Waals surface area contributed by atoms with E-state index in [1.165, 1.54) is 49.4 Å². The lowest BCUT2D eigenvalue weighted by Crippen LogP contribution is -2.00. The molecule has 0 bridgehead atoms. The van der Waals surface area contributed by atoms with Gasteiger partial charge in [-0.05, 0) is 43.3 Å². The van der Waals surface area contributed by atoms with Gasteiger partial charge in [0.2, 0.25) is 0 Å². The van der Waals surface area contributed by atoms with Crippen LogP contribution < -0.4 is 4.74 Å². The minimum atomic E-state index is -3.28. The Bertz CT molecular complexity index is 737. The zero-order valence-corrected chi connectivity index (χ0v) is 12.4. The highest BCUT2D eigenvalue weighted by Gasteiger charge is 2.15. The molecule has 0 unspecified atom stereocenters. The Morgan fingerprint density at radius 3 is 2.29 bits per heavy atom. The Balaban J connectivity index is 2.33. The molecule has 0 saturated carbocycles. The number of hydrogen-bond donors (Lipinski definition) is 1. The van der Waals surface area contributed by atoms with Crippen molar-refractivity contribution in [3.8, 4) is 11.5 Å². The molecule has 0 aliphatic heterocycles. The molecule has 2 aromatic rings. The maximum Gasteiger partial charge on any atom is 0.175 e. The molecule has 2 aromatic carbocycles. The predicted molar refractivity (Wildman–Crippen MR) is 76.7 cm³/mol. The van der Waals surface area contributed by atoms with Gasteiger partial charge in [-0.2, -0.15) is 0 Å². The standard InChI is InChI=1S/C15H15FO4S/c1-10(17)15-13(16)4-3-5-14(15)20-11-6-8-12(9-7-11)21(2,18)19/h3-10,17H,1-2H3/t10-/m0/s1. The number of sulfone groups is 1. The van der Waals surface area contributed by atoms with Crippen molar-refractivity contribution in [2.45, 2.75) is 17.9 Å². The van der Waals surface area contributed by atoms with Crippen LogP contribution in [0.3, 0.4) is 0 Å². The summed E-state index contributed by atoms with van der Waals surface area (Å²) in [5.74, 6) is -0.0118. The van der Waals surface area contributed by atoms with E-state index in [4.69, 9.17) is 4.74 Å². The quantitative estimate of drug-likeness (QED) is 0.942. The summed E-state index contributed by atoms with van der Waals surface area (Å²) >= 11 is 0. The van der Waals surface area contributed by atoms with Crippen molar-refractivity contribution in [2.24, 2.45) is 0 Å². The number of halogens is 1. The summed E-state index contributed by atoms with van der Waals surface area (Å²) in [5, 5.41) is 9.61. The minimum Gasteiger partial charge on any atom is -0.457 e. The van der Waals surface area contributed by atoms with Crippen molar-refractivity contribution >= 4 is 9.84 Å². The van der Waals surface area contributed by atoms with E-state index in [1.807, 2.05) is 0 Å². The molecule has 0 fully saturated rings. The van der Waals surface area contributed by atoms with Gasteiger partial charge in [0.05, 0.1) is 16.6 Å². The molecule has 0 heterocycles. The zero-order valence-electron chi connectivity index (χ0n) is 11.6. The molecular weight excluding hydrogens is 295 g/mol. The fraction of sp³-hybridized carbons (Fsp3) is 0.200. The van der Waals surface area contributed by atoms with Crippen LogP contribution in [0.4, 0.5) is 4.39 Å². The maximum absolute atomic E-state index is 13.7. The summed E-state index contributed by atoms with van der Waals surface area (Å²) in [6, 6.07) is 10.0. The Hall–Kier alpha value is -1.92. The normalized spacial score (nSPS) is 13.0. The molecule has 1 N–H and O–H groups in total. The van der Waals surface area contributed by atoms with Crippen LogP contribution in [-0.2, 0) is 9.84 Å². The van der Waals surface area contributed by atoms with Crippen molar-refractivity contribution in [2.75, 3.05) is 6.26 Å². The van der Waals surface area contributed by atoms with Crippen molar-refractivity contribution in [3.05, 3.63) is 53.8 Å². The summed E-state index contributed by atoms with van der Waals surface area (Å²) in [6.07, 6.45) is 0.0949. The molecule has 112 valence electrons. The number of ether oxygens (including phenoxy) is 1. The van der Waals surface area contributed by atoms with E-state index in [9.17, 15) is 17.9 Å². The average Bonchev–Trinajstić information content (AvgIpc) is 2.38. The van der Waals surface area contributed by atoms with Crippen LogP contribution in [0.2, 0.25) is 0 Å². The lowest BCUT2D eigenvalue weighted by molar-refractivity contribution is 0.190. The van der Waals surface area contributed by atoms with Crippen molar-refractivity contribution in [3.63, 3.8) is 0 Å². The third-order valence-corrected chi connectivity index (χ3v) is 4.04. The van der Waals surface area contributed by atoms with Gasteiger partial charge < -0.3 is 9.84 Å². The van der Waals surface area contributed by atoms with E-state index in [2.05, 4.69) is 0 Å². The number of aliphatic hydroxyl groups excluding tert-OH is 1.